The van der Waals surface area contributed by atoms with Crippen LogP contribution in [0.1, 0.15) is 41.4 Å². The van der Waals surface area contributed by atoms with E-state index < -0.39 is 0 Å². The Kier molecular flexibility index (Phi) is 5.87. The molecule has 5 rings (SSSR count). The molecule has 0 N–H and O–H groups in total. The summed E-state index contributed by atoms with van der Waals surface area (Å²) in [4.78, 5) is 4.73. The number of aromatic nitrogens is 2. The van der Waals surface area contributed by atoms with Crippen LogP contribution in [0.25, 0.3) is 16.6 Å². The van der Waals surface area contributed by atoms with Gasteiger partial charge in [0.1, 0.15) is 30.6 Å². The molecule has 0 amide bonds. The molecule has 0 bridgehead atoms. The van der Waals surface area contributed by atoms with Crippen molar-refractivity contribution < 1.29 is 13.9 Å². The summed E-state index contributed by atoms with van der Waals surface area (Å²) in [5, 5.41) is 9.84. The van der Waals surface area contributed by atoms with E-state index >= 15 is 0 Å². The van der Waals surface area contributed by atoms with Gasteiger partial charge in [-0.1, -0.05) is 31.2 Å². The average Bonchev–Trinajstić information content (AvgIpc) is 3.10. The summed E-state index contributed by atoms with van der Waals surface area (Å²) in [5.74, 6) is 0.949. The zero-order valence-corrected chi connectivity index (χ0v) is 19.1. The zero-order valence-electron chi connectivity index (χ0n) is 19.1. The lowest BCUT2D eigenvalue weighted by Gasteiger charge is -2.15. The van der Waals surface area contributed by atoms with Gasteiger partial charge in [-0.05, 0) is 53.4 Å². The molecule has 5 nitrogen and oxygen atoms in total. The molecule has 0 spiro atoms. The van der Waals surface area contributed by atoms with Gasteiger partial charge in [-0.3, -0.25) is 0 Å². The Hall–Kier alpha value is -3.95. The van der Waals surface area contributed by atoms with E-state index in [1.54, 1.807) is 13.2 Å². The lowest BCUT2D eigenvalue weighted by molar-refractivity contribution is 0.175. The number of fused-ring (bicyclic) bond motifs is 3. The SMILES string of the molecule is CC/C(C#N)=C1\c2ccc(Cn3c(COC)nc4ccccc43)cc2COc2cc(F)ccc21. The third kappa shape index (κ3) is 3.85. The second-order valence-corrected chi connectivity index (χ2v) is 8.28. The van der Waals surface area contributed by atoms with Gasteiger partial charge in [0, 0.05) is 36.4 Å². The largest absolute Gasteiger partial charge is 0.488 e. The number of benzene rings is 3. The number of rotatable bonds is 5. The summed E-state index contributed by atoms with van der Waals surface area (Å²) in [5.41, 5.74) is 7.16. The van der Waals surface area contributed by atoms with Crippen LogP contribution in [0.15, 0.2) is 66.2 Å². The van der Waals surface area contributed by atoms with Crippen molar-refractivity contribution in [3.8, 4) is 11.8 Å². The maximum Gasteiger partial charge on any atom is 0.136 e. The summed E-state index contributed by atoms with van der Waals surface area (Å²) >= 11 is 0. The normalized spacial score (nSPS) is 14.1. The number of ether oxygens (including phenoxy) is 2. The van der Waals surface area contributed by atoms with Gasteiger partial charge in [0.15, 0.2) is 0 Å². The second kappa shape index (κ2) is 9.12. The van der Waals surface area contributed by atoms with Gasteiger partial charge in [-0.15, -0.1) is 0 Å². The number of halogens is 1. The Morgan fingerprint density at radius 2 is 1.97 bits per heavy atom. The predicted octanol–water partition coefficient (Wildman–Crippen LogP) is 6.00. The van der Waals surface area contributed by atoms with E-state index in [0.29, 0.717) is 37.5 Å². The minimum Gasteiger partial charge on any atom is -0.488 e. The molecule has 2 heterocycles. The van der Waals surface area contributed by atoms with Gasteiger partial charge >= 0.3 is 0 Å². The number of para-hydroxylation sites is 2. The van der Waals surface area contributed by atoms with Gasteiger partial charge in [-0.25, -0.2) is 9.37 Å². The first-order valence-corrected chi connectivity index (χ1v) is 11.2. The topological polar surface area (TPSA) is 60.1 Å². The molecule has 4 aromatic rings. The fraction of sp³-hybridized carbons (Fsp3) is 0.214. The maximum atomic E-state index is 14.0. The number of imidazole rings is 1. The molecule has 0 atom stereocenters. The molecule has 1 aromatic heterocycles. The van der Waals surface area contributed by atoms with Crippen LogP contribution in [-0.4, -0.2) is 16.7 Å². The van der Waals surface area contributed by atoms with Crippen molar-refractivity contribution >= 4 is 16.6 Å². The van der Waals surface area contributed by atoms with E-state index in [0.717, 1.165) is 44.7 Å². The highest BCUT2D eigenvalue weighted by Crippen LogP contribution is 2.40. The summed E-state index contributed by atoms with van der Waals surface area (Å²) in [6.07, 6.45) is 0.575. The Morgan fingerprint density at radius 3 is 2.76 bits per heavy atom. The number of allylic oxidation sites excluding steroid dienone is 1. The van der Waals surface area contributed by atoms with Crippen LogP contribution in [0.3, 0.4) is 0 Å². The number of methoxy groups -OCH3 is 1. The number of nitriles is 1. The molecule has 0 fully saturated rings. The first kappa shape index (κ1) is 21.9. The van der Waals surface area contributed by atoms with E-state index in [-0.39, 0.29) is 5.82 Å². The highest BCUT2D eigenvalue weighted by atomic mass is 19.1. The lowest BCUT2D eigenvalue weighted by Crippen LogP contribution is -2.07. The summed E-state index contributed by atoms with van der Waals surface area (Å²) in [7, 11) is 1.66. The smallest absolute Gasteiger partial charge is 0.136 e. The standard InChI is InChI=1S/C28H24FN3O2/c1-3-19(14-30)28-22-10-8-18(12-20(22)16-34-26-13-21(29)9-11-23(26)28)15-32-25-7-5-4-6-24(25)31-27(32)17-33-2/h4-13H,3,15-17H2,1-2H3/b28-19-. The van der Waals surface area contributed by atoms with E-state index in [4.69, 9.17) is 14.5 Å². The van der Waals surface area contributed by atoms with Crippen molar-refractivity contribution in [2.24, 2.45) is 0 Å². The van der Waals surface area contributed by atoms with E-state index in [2.05, 4.69) is 28.8 Å². The van der Waals surface area contributed by atoms with Crippen molar-refractivity contribution in [1.82, 2.24) is 9.55 Å². The van der Waals surface area contributed by atoms with E-state index in [1.165, 1.54) is 12.1 Å². The van der Waals surface area contributed by atoms with Crippen molar-refractivity contribution in [3.63, 3.8) is 0 Å². The molecular weight excluding hydrogens is 429 g/mol. The fourth-order valence-corrected chi connectivity index (χ4v) is 4.59. The van der Waals surface area contributed by atoms with Gasteiger partial charge < -0.3 is 14.0 Å². The highest BCUT2D eigenvalue weighted by Gasteiger charge is 2.23. The Bertz CT molecular complexity index is 1460. The predicted molar refractivity (Wildman–Crippen MR) is 129 cm³/mol. The quantitative estimate of drug-likeness (QED) is 0.348. The lowest BCUT2D eigenvalue weighted by atomic mass is 9.89. The van der Waals surface area contributed by atoms with Crippen LogP contribution in [0.2, 0.25) is 0 Å². The molecule has 34 heavy (non-hydrogen) atoms. The van der Waals surface area contributed by atoms with Crippen LogP contribution in [-0.2, 0) is 24.5 Å². The van der Waals surface area contributed by atoms with Gasteiger partial charge in [0.25, 0.3) is 0 Å². The van der Waals surface area contributed by atoms with Crippen LogP contribution in [0, 0.1) is 17.1 Å². The molecule has 1 aliphatic heterocycles. The number of hydrogen-bond donors (Lipinski definition) is 0. The maximum absolute atomic E-state index is 14.0. The first-order valence-electron chi connectivity index (χ1n) is 11.2. The van der Waals surface area contributed by atoms with Crippen LogP contribution in [0.4, 0.5) is 4.39 Å². The molecule has 0 aliphatic carbocycles. The minimum absolute atomic E-state index is 0.293. The second-order valence-electron chi connectivity index (χ2n) is 8.28. The molecule has 0 saturated carbocycles. The minimum atomic E-state index is -0.364. The monoisotopic (exact) mass is 453 g/mol. The fourth-order valence-electron chi connectivity index (χ4n) is 4.59. The molecule has 0 saturated heterocycles. The Labute approximate surface area is 197 Å². The van der Waals surface area contributed by atoms with Crippen LogP contribution in [0.5, 0.6) is 5.75 Å². The number of hydrogen-bond acceptors (Lipinski definition) is 4. The first-order chi connectivity index (χ1) is 16.6. The summed E-state index contributed by atoms with van der Waals surface area (Å²) in [6, 6.07) is 21.1. The molecule has 170 valence electrons. The van der Waals surface area contributed by atoms with E-state index in [9.17, 15) is 9.65 Å². The van der Waals surface area contributed by atoms with Gasteiger partial charge in [0.05, 0.1) is 17.1 Å². The molecule has 0 unspecified atom stereocenters. The van der Waals surface area contributed by atoms with Crippen molar-refractivity contribution in [2.75, 3.05) is 7.11 Å². The third-order valence-corrected chi connectivity index (χ3v) is 6.17. The van der Waals surface area contributed by atoms with Crippen LogP contribution >= 0.6 is 0 Å². The molecule has 0 radical (unpaired) electrons. The van der Waals surface area contributed by atoms with Gasteiger partial charge in [0.2, 0.25) is 0 Å². The van der Waals surface area contributed by atoms with Crippen molar-refractivity contribution in [3.05, 3.63) is 100 Å². The zero-order chi connectivity index (χ0) is 23.7. The summed E-state index contributed by atoms with van der Waals surface area (Å²) < 4.78 is 27.5. The van der Waals surface area contributed by atoms with E-state index in [1.807, 2.05) is 31.2 Å². The summed E-state index contributed by atoms with van der Waals surface area (Å²) in [6.45, 7) is 3.28. The third-order valence-electron chi connectivity index (χ3n) is 6.17. The molecular formula is C28H24FN3O2. The highest BCUT2D eigenvalue weighted by molar-refractivity contribution is 5.88. The molecule has 1 aliphatic rings. The molecule has 3 aromatic carbocycles. The van der Waals surface area contributed by atoms with Gasteiger partial charge in [-0.2, -0.15) is 5.26 Å². The number of nitrogens with zero attached hydrogens (tertiary/aromatic N) is 3. The molecule has 6 heteroatoms. The Morgan fingerprint density at radius 1 is 1.15 bits per heavy atom. The van der Waals surface area contributed by atoms with Crippen molar-refractivity contribution in [2.45, 2.75) is 33.1 Å². The van der Waals surface area contributed by atoms with Crippen molar-refractivity contribution in [1.29, 1.82) is 5.26 Å². The average molecular weight is 454 g/mol. The Balaban J connectivity index is 1.61. The van der Waals surface area contributed by atoms with Crippen LogP contribution < -0.4 is 4.74 Å².